The van der Waals surface area contributed by atoms with Crippen LogP contribution in [-0.4, -0.2) is 27.6 Å². The van der Waals surface area contributed by atoms with E-state index in [0.29, 0.717) is 6.42 Å². The minimum Gasteiger partial charge on any atom is -0.313 e. The highest BCUT2D eigenvalue weighted by atomic mass is 16.5. The lowest BCUT2D eigenvalue weighted by Crippen LogP contribution is -2.56. The van der Waals surface area contributed by atoms with Crippen LogP contribution in [0.2, 0.25) is 0 Å². The molecule has 0 amide bonds. The summed E-state index contributed by atoms with van der Waals surface area (Å²) >= 11 is 0. The molecule has 3 heteroatoms. The number of Topliss-reactive ketones (excluding diaryl/α,β-unsaturated/α-hetero) is 1. The fourth-order valence-corrected chi connectivity index (χ4v) is 1.70. The molecule has 0 spiro atoms. The maximum atomic E-state index is 11.4. The Morgan fingerprint density at radius 3 is 2.50 bits per heavy atom. The number of hydrogen-bond acceptors (Lipinski definition) is 3. The largest absolute Gasteiger partial charge is 0.313 e. The van der Waals surface area contributed by atoms with Gasteiger partial charge < -0.3 is 5.21 Å². The van der Waals surface area contributed by atoms with Gasteiger partial charge in [-0.2, -0.15) is 5.06 Å². The summed E-state index contributed by atoms with van der Waals surface area (Å²) < 4.78 is 0. The fourth-order valence-electron chi connectivity index (χ4n) is 1.70. The van der Waals surface area contributed by atoms with Crippen molar-refractivity contribution in [2.24, 2.45) is 5.92 Å². The van der Waals surface area contributed by atoms with E-state index in [-0.39, 0.29) is 17.7 Å². The van der Waals surface area contributed by atoms with Crippen molar-refractivity contribution >= 4 is 5.78 Å². The third-order valence-corrected chi connectivity index (χ3v) is 2.84. The van der Waals surface area contributed by atoms with Gasteiger partial charge in [-0.05, 0) is 20.8 Å². The minimum atomic E-state index is -0.400. The average molecular weight is 171 g/mol. The summed E-state index contributed by atoms with van der Waals surface area (Å²) in [6, 6.07) is -0.0683. The predicted octanol–water partition coefficient (Wildman–Crippen LogP) is 1.45. The van der Waals surface area contributed by atoms with E-state index < -0.39 is 5.54 Å². The highest BCUT2D eigenvalue weighted by molar-refractivity contribution is 5.83. The zero-order chi connectivity index (χ0) is 9.52. The molecule has 2 unspecified atom stereocenters. The molecule has 70 valence electrons. The number of carbonyl (C=O) groups excluding carboxylic acids is 1. The molecule has 0 aromatic heterocycles. The van der Waals surface area contributed by atoms with Crippen molar-refractivity contribution in [3.63, 3.8) is 0 Å². The Morgan fingerprint density at radius 2 is 2.00 bits per heavy atom. The molecule has 1 N–H and O–H groups in total. The van der Waals surface area contributed by atoms with Crippen LogP contribution in [0.15, 0.2) is 0 Å². The van der Waals surface area contributed by atoms with E-state index in [0.717, 1.165) is 0 Å². The third kappa shape index (κ3) is 1.39. The van der Waals surface area contributed by atoms with Gasteiger partial charge in [0, 0.05) is 23.9 Å². The van der Waals surface area contributed by atoms with E-state index in [1.165, 1.54) is 5.06 Å². The van der Waals surface area contributed by atoms with Gasteiger partial charge in [0.2, 0.25) is 0 Å². The number of piperidine rings is 1. The summed E-state index contributed by atoms with van der Waals surface area (Å²) in [6.07, 6.45) is 0.439. The van der Waals surface area contributed by atoms with Crippen molar-refractivity contribution in [3.05, 3.63) is 0 Å². The van der Waals surface area contributed by atoms with Crippen LogP contribution in [0, 0.1) is 5.92 Å². The highest BCUT2D eigenvalue weighted by Gasteiger charge is 2.41. The summed E-state index contributed by atoms with van der Waals surface area (Å²) in [4.78, 5) is 11.4. The molecule has 3 nitrogen and oxygen atoms in total. The maximum Gasteiger partial charge on any atom is 0.139 e. The first-order valence-corrected chi connectivity index (χ1v) is 4.37. The van der Waals surface area contributed by atoms with Gasteiger partial charge in [0.05, 0.1) is 0 Å². The van der Waals surface area contributed by atoms with E-state index in [4.69, 9.17) is 0 Å². The van der Waals surface area contributed by atoms with Crippen LogP contribution in [0.25, 0.3) is 0 Å². The summed E-state index contributed by atoms with van der Waals surface area (Å²) in [5.41, 5.74) is -0.400. The van der Waals surface area contributed by atoms with Crippen molar-refractivity contribution < 1.29 is 10.0 Å². The summed E-state index contributed by atoms with van der Waals surface area (Å²) in [6.45, 7) is 7.51. The standard InChI is InChI=1S/C9H17NO2/c1-6-7(2)10(12)9(3,4)5-8(6)11/h6-7,12H,5H2,1-4H3. The molecule has 1 heterocycles. The fraction of sp³-hybridized carbons (Fsp3) is 0.889. The number of nitrogens with zero attached hydrogens (tertiary/aromatic N) is 1. The second-order valence-corrected chi connectivity index (χ2v) is 4.33. The van der Waals surface area contributed by atoms with E-state index >= 15 is 0 Å². The second-order valence-electron chi connectivity index (χ2n) is 4.33. The van der Waals surface area contributed by atoms with Crippen LogP contribution in [0.1, 0.15) is 34.1 Å². The number of hydrogen-bond donors (Lipinski definition) is 1. The molecule has 0 aliphatic carbocycles. The van der Waals surface area contributed by atoms with Crippen molar-refractivity contribution in [2.45, 2.75) is 45.7 Å². The summed E-state index contributed by atoms with van der Waals surface area (Å²) in [5, 5.41) is 11.0. The molecule has 0 bridgehead atoms. The van der Waals surface area contributed by atoms with Gasteiger partial charge in [0.25, 0.3) is 0 Å². The topological polar surface area (TPSA) is 40.5 Å². The highest BCUT2D eigenvalue weighted by Crippen LogP contribution is 2.30. The third-order valence-electron chi connectivity index (χ3n) is 2.84. The molecular formula is C9H17NO2. The Hall–Kier alpha value is -0.410. The SMILES string of the molecule is CC1C(=O)CC(C)(C)N(O)C1C. The molecule has 1 saturated heterocycles. The van der Waals surface area contributed by atoms with Crippen LogP contribution in [0.5, 0.6) is 0 Å². The number of ketones is 1. The second kappa shape index (κ2) is 2.82. The lowest BCUT2D eigenvalue weighted by atomic mass is 9.82. The van der Waals surface area contributed by atoms with Gasteiger partial charge in [-0.3, -0.25) is 4.79 Å². The zero-order valence-electron chi connectivity index (χ0n) is 8.16. The molecule has 0 radical (unpaired) electrons. The summed E-state index contributed by atoms with van der Waals surface area (Å²) in [7, 11) is 0. The molecule has 0 aromatic rings. The van der Waals surface area contributed by atoms with Crippen LogP contribution in [0.4, 0.5) is 0 Å². The van der Waals surface area contributed by atoms with Gasteiger partial charge in [0.15, 0.2) is 0 Å². The van der Waals surface area contributed by atoms with Crippen molar-refractivity contribution in [1.29, 1.82) is 0 Å². The molecule has 1 aliphatic heterocycles. The van der Waals surface area contributed by atoms with Crippen LogP contribution >= 0.6 is 0 Å². The van der Waals surface area contributed by atoms with Gasteiger partial charge in [-0.1, -0.05) is 6.92 Å². The lowest BCUT2D eigenvalue weighted by molar-refractivity contribution is -0.215. The first-order valence-electron chi connectivity index (χ1n) is 4.37. The maximum absolute atomic E-state index is 11.4. The van der Waals surface area contributed by atoms with Crippen molar-refractivity contribution in [2.75, 3.05) is 0 Å². The molecule has 1 fully saturated rings. The zero-order valence-corrected chi connectivity index (χ0v) is 8.16. The quantitative estimate of drug-likeness (QED) is 0.599. The number of hydroxylamine groups is 2. The predicted molar refractivity (Wildman–Crippen MR) is 46.0 cm³/mol. The smallest absolute Gasteiger partial charge is 0.139 e. The molecule has 2 atom stereocenters. The Kier molecular flexibility index (Phi) is 2.27. The monoisotopic (exact) mass is 171 g/mol. The number of carbonyl (C=O) groups is 1. The van der Waals surface area contributed by atoms with Crippen LogP contribution < -0.4 is 0 Å². The lowest BCUT2D eigenvalue weighted by Gasteiger charge is -2.44. The van der Waals surface area contributed by atoms with E-state index in [1.54, 1.807) is 0 Å². The molecule has 1 aliphatic rings. The Balaban J connectivity index is 2.85. The minimum absolute atomic E-state index is 0.0528. The van der Waals surface area contributed by atoms with Gasteiger partial charge in [-0.15, -0.1) is 0 Å². The van der Waals surface area contributed by atoms with Crippen molar-refractivity contribution in [3.8, 4) is 0 Å². The van der Waals surface area contributed by atoms with Gasteiger partial charge >= 0.3 is 0 Å². The first-order chi connectivity index (χ1) is 5.36. The molecule has 0 saturated carbocycles. The Morgan fingerprint density at radius 1 is 1.50 bits per heavy atom. The Labute approximate surface area is 73.3 Å². The first kappa shape index (κ1) is 9.68. The normalized spacial score (nSPS) is 36.9. The molecule has 1 rings (SSSR count). The van der Waals surface area contributed by atoms with E-state index in [2.05, 4.69) is 0 Å². The molecule has 0 aromatic carbocycles. The molecular weight excluding hydrogens is 154 g/mol. The number of rotatable bonds is 0. The van der Waals surface area contributed by atoms with Gasteiger partial charge in [-0.25, -0.2) is 0 Å². The van der Waals surface area contributed by atoms with Crippen LogP contribution in [-0.2, 0) is 4.79 Å². The van der Waals surface area contributed by atoms with Crippen LogP contribution in [0.3, 0.4) is 0 Å². The van der Waals surface area contributed by atoms with Gasteiger partial charge in [0.1, 0.15) is 5.78 Å². The van der Waals surface area contributed by atoms with Crippen molar-refractivity contribution in [1.82, 2.24) is 5.06 Å². The average Bonchev–Trinajstić information content (AvgIpc) is 1.97. The van der Waals surface area contributed by atoms with E-state index in [1.807, 2.05) is 27.7 Å². The molecule has 12 heavy (non-hydrogen) atoms. The summed E-state index contributed by atoms with van der Waals surface area (Å²) in [5.74, 6) is 0.195. The van der Waals surface area contributed by atoms with E-state index in [9.17, 15) is 10.0 Å². The Bertz CT molecular complexity index is 201.